The third-order valence-electron chi connectivity index (χ3n) is 4.62. The van der Waals surface area contributed by atoms with Crippen molar-refractivity contribution in [3.05, 3.63) is 71.8 Å². The molecule has 1 aromatic carbocycles. The van der Waals surface area contributed by atoms with Gasteiger partial charge < -0.3 is 9.72 Å². The number of imide groups is 1. The Kier molecular flexibility index (Phi) is 4.42. The number of carbonyl (C=O) groups is 3. The molecule has 0 saturated carbocycles. The Morgan fingerprint density at radius 3 is 2.44 bits per heavy atom. The van der Waals surface area contributed by atoms with E-state index >= 15 is 0 Å². The Labute approximate surface area is 155 Å². The quantitative estimate of drug-likeness (QED) is 0.680. The van der Waals surface area contributed by atoms with Crippen LogP contribution in [0.5, 0.6) is 0 Å². The lowest BCUT2D eigenvalue weighted by atomic mass is 10.1. The summed E-state index contributed by atoms with van der Waals surface area (Å²) >= 11 is 0. The number of aromatic nitrogens is 2. The smallest absolute Gasteiger partial charge is 0.261 e. The average Bonchev–Trinajstić information content (AvgIpc) is 3.21. The minimum Gasteiger partial charge on any atom is -0.349 e. The second kappa shape index (κ2) is 7.03. The van der Waals surface area contributed by atoms with Gasteiger partial charge in [-0.25, -0.2) is 4.98 Å². The van der Waals surface area contributed by atoms with Gasteiger partial charge in [0, 0.05) is 19.2 Å². The van der Waals surface area contributed by atoms with E-state index in [0.717, 1.165) is 11.3 Å². The normalized spacial score (nSPS) is 13.3. The van der Waals surface area contributed by atoms with Crippen LogP contribution in [0.2, 0.25) is 0 Å². The van der Waals surface area contributed by atoms with Gasteiger partial charge >= 0.3 is 0 Å². The highest BCUT2D eigenvalue weighted by molar-refractivity contribution is 6.21. The summed E-state index contributed by atoms with van der Waals surface area (Å²) in [6.07, 6.45) is 4.30. The number of rotatable bonds is 6. The van der Waals surface area contributed by atoms with Crippen LogP contribution in [-0.4, -0.2) is 38.6 Å². The molecule has 27 heavy (non-hydrogen) atoms. The number of pyridine rings is 1. The maximum Gasteiger partial charge on any atom is 0.261 e. The van der Waals surface area contributed by atoms with Crippen LogP contribution in [0.25, 0.3) is 5.52 Å². The Hall–Kier alpha value is -3.48. The van der Waals surface area contributed by atoms with E-state index < -0.39 is 0 Å². The number of amides is 3. The standard InChI is InChI=1S/C20H18N4O3/c25-18(22-13-17-21-12-14-6-3-4-10-23(14)17)9-5-11-24-19(26)15-7-1-2-8-16(15)20(24)27/h1-4,6-8,10,12H,5,9,11,13H2,(H,22,25). The number of imidazole rings is 1. The molecular weight excluding hydrogens is 344 g/mol. The van der Waals surface area contributed by atoms with Gasteiger partial charge in [-0.2, -0.15) is 0 Å². The van der Waals surface area contributed by atoms with Crippen molar-refractivity contribution in [2.45, 2.75) is 19.4 Å². The van der Waals surface area contributed by atoms with Crippen LogP contribution in [0, 0.1) is 0 Å². The van der Waals surface area contributed by atoms with E-state index in [2.05, 4.69) is 10.3 Å². The third-order valence-corrected chi connectivity index (χ3v) is 4.62. The van der Waals surface area contributed by atoms with E-state index in [1.54, 1.807) is 30.5 Å². The van der Waals surface area contributed by atoms with Gasteiger partial charge in [-0.3, -0.25) is 19.3 Å². The van der Waals surface area contributed by atoms with Gasteiger partial charge in [0.1, 0.15) is 5.82 Å². The zero-order chi connectivity index (χ0) is 18.8. The lowest BCUT2D eigenvalue weighted by molar-refractivity contribution is -0.121. The first-order valence-corrected chi connectivity index (χ1v) is 8.78. The maximum atomic E-state index is 12.3. The summed E-state index contributed by atoms with van der Waals surface area (Å²) in [7, 11) is 0. The molecule has 1 aliphatic heterocycles. The molecule has 4 rings (SSSR count). The molecule has 0 bridgehead atoms. The molecule has 7 heteroatoms. The first-order valence-electron chi connectivity index (χ1n) is 8.78. The van der Waals surface area contributed by atoms with E-state index in [-0.39, 0.29) is 30.7 Å². The predicted octanol–water partition coefficient (Wildman–Crippen LogP) is 2.03. The van der Waals surface area contributed by atoms with E-state index in [1.807, 2.05) is 28.8 Å². The molecule has 1 aliphatic rings. The van der Waals surface area contributed by atoms with Crippen molar-refractivity contribution in [3.63, 3.8) is 0 Å². The van der Waals surface area contributed by atoms with Crippen LogP contribution >= 0.6 is 0 Å². The van der Waals surface area contributed by atoms with Crippen molar-refractivity contribution in [2.24, 2.45) is 0 Å². The Balaban J connectivity index is 1.28. The van der Waals surface area contributed by atoms with Crippen molar-refractivity contribution < 1.29 is 14.4 Å². The number of hydrogen-bond acceptors (Lipinski definition) is 4. The highest BCUT2D eigenvalue weighted by Gasteiger charge is 2.34. The Morgan fingerprint density at radius 1 is 1.00 bits per heavy atom. The number of nitrogens with one attached hydrogen (secondary N) is 1. The van der Waals surface area contributed by atoms with Crippen LogP contribution in [0.3, 0.4) is 0 Å². The first-order chi connectivity index (χ1) is 13.1. The summed E-state index contributed by atoms with van der Waals surface area (Å²) in [5, 5.41) is 2.83. The molecule has 3 heterocycles. The molecule has 0 unspecified atom stereocenters. The van der Waals surface area contributed by atoms with E-state index in [9.17, 15) is 14.4 Å². The maximum absolute atomic E-state index is 12.3. The summed E-state index contributed by atoms with van der Waals surface area (Å²) in [6, 6.07) is 12.6. The molecule has 2 aromatic heterocycles. The Bertz CT molecular complexity index is 1010. The first kappa shape index (κ1) is 17.0. The lowest BCUT2D eigenvalue weighted by Crippen LogP contribution is -2.32. The molecule has 3 aromatic rings. The highest BCUT2D eigenvalue weighted by Crippen LogP contribution is 2.22. The van der Waals surface area contributed by atoms with Crippen LogP contribution < -0.4 is 5.32 Å². The fourth-order valence-electron chi connectivity index (χ4n) is 3.24. The molecule has 0 fully saturated rings. The Morgan fingerprint density at radius 2 is 1.70 bits per heavy atom. The highest BCUT2D eigenvalue weighted by atomic mass is 16.2. The third kappa shape index (κ3) is 3.19. The van der Waals surface area contributed by atoms with Crippen molar-refractivity contribution in [3.8, 4) is 0 Å². The van der Waals surface area contributed by atoms with Crippen LogP contribution in [-0.2, 0) is 11.3 Å². The number of fused-ring (bicyclic) bond motifs is 2. The molecule has 136 valence electrons. The number of hydrogen-bond donors (Lipinski definition) is 1. The van der Waals surface area contributed by atoms with Crippen LogP contribution in [0.15, 0.2) is 54.9 Å². The van der Waals surface area contributed by atoms with E-state index in [0.29, 0.717) is 24.1 Å². The summed E-state index contributed by atoms with van der Waals surface area (Å²) in [5.74, 6) is 0.0262. The van der Waals surface area contributed by atoms with Crippen LogP contribution in [0.1, 0.15) is 39.4 Å². The molecule has 0 aliphatic carbocycles. The molecule has 3 amide bonds. The number of benzene rings is 1. The van der Waals surface area contributed by atoms with Crippen molar-refractivity contribution in [1.29, 1.82) is 0 Å². The van der Waals surface area contributed by atoms with Crippen molar-refractivity contribution in [2.75, 3.05) is 6.54 Å². The minimum atomic E-state index is -0.292. The predicted molar refractivity (Wildman–Crippen MR) is 98.1 cm³/mol. The zero-order valence-electron chi connectivity index (χ0n) is 14.6. The van der Waals surface area contributed by atoms with Gasteiger partial charge in [0.05, 0.1) is 29.4 Å². The molecule has 0 spiro atoms. The molecular formula is C20H18N4O3. The fourth-order valence-corrected chi connectivity index (χ4v) is 3.24. The van der Waals surface area contributed by atoms with Crippen LogP contribution in [0.4, 0.5) is 0 Å². The molecule has 1 N–H and O–H groups in total. The molecule has 0 saturated heterocycles. The largest absolute Gasteiger partial charge is 0.349 e. The van der Waals surface area contributed by atoms with Gasteiger partial charge in [0.15, 0.2) is 0 Å². The minimum absolute atomic E-state index is 0.140. The second-order valence-corrected chi connectivity index (χ2v) is 6.36. The molecule has 0 radical (unpaired) electrons. The van der Waals surface area contributed by atoms with Crippen molar-refractivity contribution in [1.82, 2.24) is 19.6 Å². The van der Waals surface area contributed by atoms with E-state index in [1.165, 1.54) is 4.90 Å². The molecule has 0 atom stereocenters. The molecule has 7 nitrogen and oxygen atoms in total. The summed E-state index contributed by atoms with van der Waals surface area (Å²) in [5.41, 5.74) is 1.82. The van der Waals surface area contributed by atoms with Gasteiger partial charge in [-0.05, 0) is 30.7 Å². The average molecular weight is 362 g/mol. The van der Waals surface area contributed by atoms with Gasteiger partial charge in [0.2, 0.25) is 5.91 Å². The summed E-state index contributed by atoms with van der Waals surface area (Å²) < 4.78 is 1.92. The zero-order valence-corrected chi connectivity index (χ0v) is 14.6. The lowest BCUT2D eigenvalue weighted by Gasteiger charge is -2.13. The SMILES string of the molecule is O=C(CCCN1C(=O)c2ccccc2C1=O)NCc1ncc2ccccn12. The van der Waals surface area contributed by atoms with Gasteiger partial charge in [0.25, 0.3) is 11.8 Å². The monoisotopic (exact) mass is 362 g/mol. The summed E-state index contributed by atoms with van der Waals surface area (Å²) in [4.78, 5) is 42.2. The number of nitrogens with zero attached hydrogens (tertiary/aromatic N) is 3. The van der Waals surface area contributed by atoms with Gasteiger partial charge in [-0.15, -0.1) is 0 Å². The van der Waals surface area contributed by atoms with Gasteiger partial charge in [-0.1, -0.05) is 18.2 Å². The van der Waals surface area contributed by atoms with E-state index in [4.69, 9.17) is 0 Å². The topological polar surface area (TPSA) is 83.8 Å². The number of carbonyl (C=O) groups excluding carboxylic acids is 3. The second-order valence-electron chi connectivity index (χ2n) is 6.36. The fraction of sp³-hybridized carbons (Fsp3) is 0.200. The van der Waals surface area contributed by atoms with Crippen molar-refractivity contribution >= 4 is 23.2 Å². The summed E-state index contributed by atoms with van der Waals surface area (Å²) in [6.45, 7) is 0.552.